The maximum Gasteiger partial charge on any atom is 0.257 e. The van der Waals surface area contributed by atoms with Crippen LogP contribution in [0.2, 0.25) is 0 Å². The Morgan fingerprint density at radius 3 is 2.71 bits per heavy atom. The second-order valence-corrected chi connectivity index (χ2v) is 8.92. The molecule has 1 aromatic heterocycles. The fraction of sp³-hybridized carbons (Fsp3) is 0.478. The van der Waals surface area contributed by atoms with Crippen LogP contribution < -0.4 is 5.56 Å². The van der Waals surface area contributed by atoms with E-state index in [1.165, 1.54) is 17.0 Å². The predicted molar refractivity (Wildman–Crippen MR) is 111 cm³/mol. The van der Waals surface area contributed by atoms with Crippen molar-refractivity contribution < 1.29 is 14.0 Å². The van der Waals surface area contributed by atoms with Gasteiger partial charge in [0.25, 0.3) is 11.5 Å². The zero-order chi connectivity index (χ0) is 21.7. The Balaban J connectivity index is 1.35. The van der Waals surface area contributed by atoms with Crippen LogP contribution in [0.4, 0.5) is 4.39 Å². The van der Waals surface area contributed by atoms with Gasteiger partial charge in [-0.15, -0.1) is 0 Å². The molecule has 0 radical (unpaired) electrons. The fourth-order valence-electron chi connectivity index (χ4n) is 4.71. The summed E-state index contributed by atoms with van der Waals surface area (Å²) in [6.45, 7) is 3.84. The first kappa shape index (κ1) is 19.9. The number of aromatic amines is 1. The monoisotopic (exact) mass is 424 g/mol. The van der Waals surface area contributed by atoms with Gasteiger partial charge in [0.15, 0.2) is 0 Å². The number of carbonyl (C=O) groups excluding carboxylic acids is 2. The van der Waals surface area contributed by atoms with Gasteiger partial charge in [-0.25, -0.2) is 9.37 Å². The largest absolute Gasteiger partial charge is 0.342 e. The van der Waals surface area contributed by atoms with Gasteiger partial charge in [0, 0.05) is 37.0 Å². The molecule has 31 heavy (non-hydrogen) atoms. The molecule has 2 aromatic rings. The van der Waals surface area contributed by atoms with Crippen molar-refractivity contribution >= 4 is 11.8 Å². The number of likely N-dealkylation sites (tertiary alicyclic amines) is 1. The van der Waals surface area contributed by atoms with Crippen LogP contribution in [0.5, 0.6) is 0 Å². The lowest BCUT2D eigenvalue weighted by atomic mass is 10.0. The van der Waals surface area contributed by atoms with Gasteiger partial charge in [0.05, 0.1) is 17.8 Å². The number of aromatic nitrogens is 2. The minimum absolute atomic E-state index is 0.0198. The van der Waals surface area contributed by atoms with Crippen molar-refractivity contribution in [1.82, 2.24) is 19.8 Å². The highest BCUT2D eigenvalue weighted by Crippen LogP contribution is 2.40. The lowest BCUT2D eigenvalue weighted by Crippen LogP contribution is -2.40. The highest BCUT2D eigenvalue weighted by molar-refractivity contribution is 5.94. The maximum absolute atomic E-state index is 14.1. The zero-order valence-electron chi connectivity index (χ0n) is 17.4. The number of halogens is 1. The molecule has 2 fully saturated rings. The van der Waals surface area contributed by atoms with Crippen LogP contribution in [0.3, 0.4) is 0 Å². The van der Waals surface area contributed by atoms with Crippen LogP contribution in [0, 0.1) is 17.7 Å². The minimum Gasteiger partial charge on any atom is -0.342 e. The van der Waals surface area contributed by atoms with Gasteiger partial charge in [-0.3, -0.25) is 14.4 Å². The molecule has 3 atom stereocenters. The fourth-order valence-corrected chi connectivity index (χ4v) is 4.71. The van der Waals surface area contributed by atoms with Gasteiger partial charge < -0.3 is 14.8 Å². The van der Waals surface area contributed by atoms with E-state index in [2.05, 4.69) is 11.9 Å². The van der Waals surface area contributed by atoms with E-state index < -0.39 is 11.7 Å². The van der Waals surface area contributed by atoms with Crippen LogP contribution in [-0.4, -0.2) is 51.2 Å². The summed E-state index contributed by atoms with van der Waals surface area (Å²) >= 11 is 0. The Morgan fingerprint density at radius 1 is 1.19 bits per heavy atom. The quantitative estimate of drug-likeness (QED) is 0.818. The summed E-state index contributed by atoms with van der Waals surface area (Å²) in [6.07, 6.45) is 2.10. The summed E-state index contributed by atoms with van der Waals surface area (Å²) in [5.74, 6) is 0.411. The smallest absolute Gasteiger partial charge is 0.257 e. The molecule has 7 nitrogen and oxygen atoms in total. The average Bonchev–Trinajstić information content (AvgIpc) is 3.29. The van der Waals surface area contributed by atoms with Crippen molar-refractivity contribution in [2.45, 2.75) is 38.6 Å². The number of amides is 2. The molecule has 1 aliphatic carbocycles. The number of carbonyl (C=O) groups is 2. The number of rotatable bonds is 3. The van der Waals surface area contributed by atoms with Crippen molar-refractivity contribution in [2.24, 2.45) is 11.8 Å². The Morgan fingerprint density at radius 2 is 1.97 bits per heavy atom. The molecule has 2 aliphatic heterocycles. The first-order valence-corrected chi connectivity index (χ1v) is 10.9. The number of nitrogens with one attached hydrogen (secondary N) is 1. The van der Waals surface area contributed by atoms with E-state index in [1.54, 1.807) is 12.1 Å². The van der Waals surface area contributed by atoms with Gasteiger partial charge >= 0.3 is 0 Å². The first-order valence-electron chi connectivity index (χ1n) is 10.9. The summed E-state index contributed by atoms with van der Waals surface area (Å²) in [6, 6.07) is 5.91. The number of H-pyrrole nitrogens is 1. The van der Waals surface area contributed by atoms with Gasteiger partial charge in [0.2, 0.25) is 5.91 Å². The number of hydrogen-bond acceptors (Lipinski definition) is 4. The lowest BCUT2D eigenvalue weighted by Gasteiger charge is -2.28. The third-order valence-electron chi connectivity index (χ3n) is 6.80. The molecule has 1 saturated heterocycles. The van der Waals surface area contributed by atoms with E-state index in [0.717, 1.165) is 12.8 Å². The van der Waals surface area contributed by atoms with Gasteiger partial charge in [-0.2, -0.15) is 0 Å². The summed E-state index contributed by atoms with van der Waals surface area (Å²) in [5, 5.41) is 0. The molecule has 2 amide bonds. The molecule has 0 spiro atoms. The van der Waals surface area contributed by atoms with E-state index in [0.29, 0.717) is 49.1 Å². The molecule has 1 saturated carbocycles. The molecule has 3 unspecified atom stereocenters. The third-order valence-corrected chi connectivity index (χ3v) is 6.80. The van der Waals surface area contributed by atoms with Gasteiger partial charge in [0.1, 0.15) is 11.6 Å². The molecule has 1 aromatic carbocycles. The Kier molecular flexibility index (Phi) is 4.87. The molecule has 3 aliphatic rings. The topological polar surface area (TPSA) is 86.4 Å². The molecule has 8 heteroatoms. The van der Waals surface area contributed by atoms with E-state index in [4.69, 9.17) is 4.98 Å². The van der Waals surface area contributed by atoms with Crippen LogP contribution >= 0.6 is 0 Å². The zero-order valence-corrected chi connectivity index (χ0v) is 17.4. The highest BCUT2D eigenvalue weighted by atomic mass is 19.1. The van der Waals surface area contributed by atoms with Crippen molar-refractivity contribution in [3.8, 4) is 0 Å². The second-order valence-electron chi connectivity index (χ2n) is 8.92. The number of nitrogens with zero attached hydrogens (tertiary/aromatic N) is 3. The average molecular weight is 424 g/mol. The SMILES string of the molecule is CC1CC1C(=O)N1CCC(c2nc3c(c(=O)[nH]2)CCN(C(=O)c2ccccc2F)C3)C1. The molecule has 5 rings (SSSR count). The summed E-state index contributed by atoms with van der Waals surface area (Å²) in [7, 11) is 0. The molecule has 1 N–H and O–H groups in total. The number of fused-ring (bicyclic) bond motifs is 1. The van der Waals surface area contributed by atoms with Crippen molar-refractivity contribution in [1.29, 1.82) is 0 Å². The molecular weight excluding hydrogens is 399 g/mol. The summed E-state index contributed by atoms with van der Waals surface area (Å²) < 4.78 is 14.1. The first-order chi connectivity index (χ1) is 14.9. The number of hydrogen-bond donors (Lipinski definition) is 1. The number of benzene rings is 1. The Hall–Kier alpha value is -3.03. The van der Waals surface area contributed by atoms with E-state index in [1.807, 2.05) is 4.90 Å². The van der Waals surface area contributed by atoms with E-state index in [9.17, 15) is 18.8 Å². The van der Waals surface area contributed by atoms with Crippen LogP contribution in [0.25, 0.3) is 0 Å². The standard InChI is InChI=1S/C23H25FN4O3/c1-13-10-17(13)23(31)27-8-6-14(11-27)20-25-19-12-28(9-7-16(19)21(29)26-20)22(30)15-4-2-3-5-18(15)24/h2-5,13-14,17H,6-12H2,1H3,(H,25,26,29). The maximum atomic E-state index is 14.1. The predicted octanol–water partition coefficient (Wildman–Crippen LogP) is 2.08. The molecular formula is C23H25FN4O3. The molecule has 3 heterocycles. The Bertz CT molecular complexity index is 1110. The van der Waals surface area contributed by atoms with Gasteiger partial charge in [-0.05, 0) is 37.3 Å². The molecule has 0 bridgehead atoms. The van der Waals surface area contributed by atoms with Crippen molar-refractivity contribution in [3.63, 3.8) is 0 Å². The summed E-state index contributed by atoms with van der Waals surface area (Å²) in [4.78, 5) is 49.0. The highest BCUT2D eigenvalue weighted by Gasteiger charge is 2.43. The summed E-state index contributed by atoms with van der Waals surface area (Å²) in [5.41, 5.74) is 0.989. The van der Waals surface area contributed by atoms with E-state index in [-0.39, 0.29) is 35.4 Å². The van der Waals surface area contributed by atoms with Crippen LogP contribution in [0.15, 0.2) is 29.1 Å². The van der Waals surface area contributed by atoms with Crippen molar-refractivity contribution in [3.05, 3.63) is 63.1 Å². The van der Waals surface area contributed by atoms with Crippen LogP contribution in [-0.2, 0) is 17.8 Å². The second kappa shape index (κ2) is 7.59. The third kappa shape index (κ3) is 3.64. The molecule has 162 valence electrons. The van der Waals surface area contributed by atoms with Crippen molar-refractivity contribution in [2.75, 3.05) is 19.6 Å². The minimum atomic E-state index is -0.557. The van der Waals surface area contributed by atoms with Crippen LogP contribution in [0.1, 0.15) is 53.1 Å². The lowest BCUT2D eigenvalue weighted by molar-refractivity contribution is -0.131. The van der Waals surface area contributed by atoms with E-state index >= 15 is 0 Å². The normalized spacial score (nSPS) is 24.8. The van der Waals surface area contributed by atoms with Gasteiger partial charge in [-0.1, -0.05) is 19.1 Å². The Labute approximate surface area is 179 Å².